The third-order valence-corrected chi connectivity index (χ3v) is 4.14. The predicted octanol–water partition coefficient (Wildman–Crippen LogP) is 1.87. The van der Waals surface area contributed by atoms with Gasteiger partial charge in [0.15, 0.2) is 0 Å². The summed E-state index contributed by atoms with van der Waals surface area (Å²) in [5.74, 6) is -0.301. The average molecular weight is 301 g/mol. The minimum Gasteiger partial charge on any atom is -0.382 e. The van der Waals surface area contributed by atoms with Crippen LogP contribution < -0.4 is 4.18 Å². The lowest BCUT2D eigenvalue weighted by molar-refractivity contribution is -0.384. The van der Waals surface area contributed by atoms with E-state index in [2.05, 4.69) is 0 Å². The zero-order valence-corrected chi connectivity index (χ0v) is 11.5. The molecule has 1 saturated heterocycles. The number of benzene rings is 1. The molecule has 8 heteroatoms. The highest BCUT2D eigenvalue weighted by Crippen LogP contribution is 2.22. The summed E-state index contributed by atoms with van der Waals surface area (Å²) in [5, 5.41) is 10.6. The van der Waals surface area contributed by atoms with E-state index in [1.165, 1.54) is 18.2 Å². The molecule has 0 bridgehead atoms. The van der Waals surface area contributed by atoms with Crippen LogP contribution in [0.3, 0.4) is 0 Å². The Morgan fingerprint density at radius 2 is 2.20 bits per heavy atom. The van der Waals surface area contributed by atoms with Gasteiger partial charge in [-0.05, 0) is 25.3 Å². The maximum absolute atomic E-state index is 11.9. The van der Waals surface area contributed by atoms with Gasteiger partial charge in [-0.25, -0.2) is 0 Å². The topological polar surface area (TPSA) is 95.7 Å². The minimum atomic E-state index is -3.82. The lowest BCUT2D eigenvalue weighted by Gasteiger charge is -2.22. The Balaban J connectivity index is 2.03. The second kappa shape index (κ2) is 6.19. The highest BCUT2D eigenvalue weighted by atomic mass is 32.2. The van der Waals surface area contributed by atoms with Gasteiger partial charge in [-0.3, -0.25) is 10.1 Å². The lowest BCUT2D eigenvalue weighted by Crippen LogP contribution is -2.29. The van der Waals surface area contributed by atoms with Crippen molar-refractivity contribution in [3.8, 4) is 5.75 Å². The number of nitrogens with zero attached hydrogens (tertiary/aromatic N) is 1. The van der Waals surface area contributed by atoms with Gasteiger partial charge in [-0.2, -0.15) is 8.42 Å². The molecule has 0 unspecified atom stereocenters. The zero-order chi connectivity index (χ0) is 14.6. The normalized spacial score (nSPS) is 19.5. The summed E-state index contributed by atoms with van der Waals surface area (Å²) in [6, 6.07) is 5.09. The van der Waals surface area contributed by atoms with E-state index < -0.39 is 15.0 Å². The fraction of sp³-hybridized carbons (Fsp3) is 0.500. The molecule has 1 heterocycles. The van der Waals surface area contributed by atoms with E-state index >= 15 is 0 Å². The van der Waals surface area contributed by atoms with E-state index in [0.717, 1.165) is 18.9 Å². The third-order valence-electron chi connectivity index (χ3n) is 2.92. The van der Waals surface area contributed by atoms with E-state index in [9.17, 15) is 18.5 Å². The molecule has 0 amide bonds. The van der Waals surface area contributed by atoms with Crippen LogP contribution in [0.1, 0.15) is 19.3 Å². The number of non-ortho nitro benzene ring substituents is 1. The second-order valence-corrected chi connectivity index (χ2v) is 6.17. The molecule has 1 aromatic rings. The van der Waals surface area contributed by atoms with Crippen molar-refractivity contribution in [2.75, 3.05) is 12.4 Å². The Hall–Kier alpha value is -1.67. The van der Waals surface area contributed by atoms with Gasteiger partial charge in [-0.1, -0.05) is 6.07 Å². The molecule has 1 fully saturated rings. The highest BCUT2D eigenvalue weighted by Gasteiger charge is 2.24. The van der Waals surface area contributed by atoms with Crippen molar-refractivity contribution in [1.29, 1.82) is 0 Å². The zero-order valence-electron chi connectivity index (χ0n) is 10.7. The fourth-order valence-corrected chi connectivity index (χ4v) is 3.18. The summed E-state index contributed by atoms with van der Waals surface area (Å²) >= 11 is 0. The molecule has 110 valence electrons. The summed E-state index contributed by atoms with van der Waals surface area (Å²) < 4.78 is 34.0. The van der Waals surface area contributed by atoms with Crippen LogP contribution in [0.2, 0.25) is 0 Å². The monoisotopic (exact) mass is 301 g/mol. The molecule has 7 nitrogen and oxygen atoms in total. The first-order valence-corrected chi connectivity index (χ1v) is 7.82. The SMILES string of the molecule is O=[N+]([O-])c1cccc(OS(=O)(=O)C[C@H]2CCCCO2)c1. The molecule has 0 saturated carbocycles. The molecule has 0 radical (unpaired) electrons. The summed E-state index contributed by atoms with van der Waals surface area (Å²) in [6.07, 6.45) is 2.17. The van der Waals surface area contributed by atoms with E-state index in [1.807, 2.05) is 0 Å². The van der Waals surface area contributed by atoms with Crippen molar-refractivity contribution in [2.45, 2.75) is 25.4 Å². The summed E-state index contributed by atoms with van der Waals surface area (Å²) in [5.41, 5.74) is -0.216. The first-order chi connectivity index (χ1) is 9.46. The number of nitro benzene ring substituents is 1. The van der Waals surface area contributed by atoms with E-state index in [1.54, 1.807) is 0 Å². The lowest BCUT2D eigenvalue weighted by atomic mass is 10.1. The van der Waals surface area contributed by atoms with Gasteiger partial charge in [0.2, 0.25) is 0 Å². The summed E-state index contributed by atoms with van der Waals surface area (Å²) in [4.78, 5) is 10.0. The van der Waals surface area contributed by atoms with Crippen LogP contribution in [0.5, 0.6) is 5.75 Å². The molecular formula is C12H15NO6S. The maximum Gasteiger partial charge on any atom is 0.311 e. The number of hydrogen-bond donors (Lipinski definition) is 0. The molecule has 1 aliphatic heterocycles. The third kappa shape index (κ3) is 4.17. The van der Waals surface area contributed by atoms with Crippen molar-refractivity contribution in [3.63, 3.8) is 0 Å². The largest absolute Gasteiger partial charge is 0.382 e. The molecular weight excluding hydrogens is 286 g/mol. The Morgan fingerprint density at radius 1 is 1.40 bits per heavy atom. The first-order valence-electron chi connectivity index (χ1n) is 6.24. The van der Waals surface area contributed by atoms with Crippen molar-refractivity contribution in [1.82, 2.24) is 0 Å². The molecule has 0 N–H and O–H groups in total. The van der Waals surface area contributed by atoms with E-state index in [-0.39, 0.29) is 23.3 Å². The minimum absolute atomic E-state index is 0.0602. The van der Waals surface area contributed by atoms with Gasteiger partial charge in [0.05, 0.1) is 17.1 Å². The number of rotatable bonds is 5. The van der Waals surface area contributed by atoms with Gasteiger partial charge >= 0.3 is 10.1 Å². The number of ether oxygens (including phenoxy) is 1. The average Bonchev–Trinajstić information content (AvgIpc) is 2.39. The van der Waals surface area contributed by atoms with Crippen LogP contribution in [-0.4, -0.2) is 31.8 Å². The Kier molecular flexibility index (Phi) is 4.56. The standard InChI is InChI=1S/C12H15NO6S/c14-13(15)10-4-3-6-11(8-10)19-20(16,17)9-12-5-1-2-7-18-12/h3-4,6,8,12H,1-2,5,7,9H2/t12-/m1/s1. The van der Waals surface area contributed by atoms with Crippen molar-refractivity contribution >= 4 is 15.8 Å². The fourth-order valence-electron chi connectivity index (χ4n) is 2.00. The van der Waals surface area contributed by atoms with Crippen LogP contribution in [-0.2, 0) is 14.9 Å². The molecule has 20 heavy (non-hydrogen) atoms. The van der Waals surface area contributed by atoms with E-state index in [4.69, 9.17) is 8.92 Å². The smallest absolute Gasteiger partial charge is 0.311 e. The molecule has 0 aliphatic carbocycles. The van der Waals surface area contributed by atoms with Crippen LogP contribution in [0.25, 0.3) is 0 Å². The van der Waals surface area contributed by atoms with Crippen molar-refractivity contribution < 1.29 is 22.3 Å². The molecule has 2 rings (SSSR count). The first kappa shape index (κ1) is 14.7. The van der Waals surface area contributed by atoms with Gasteiger partial charge < -0.3 is 8.92 Å². The summed E-state index contributed by atoms with van der Waals surface area (Å²) in [6.45, 7) is 0.553. The predicted molar refractivity (Wildman–Crippen MR) is 71.1 cm³/mol. The van der Waals surface area contributed by atoms with Crippen molar-refractivity contribution in [3.05, 3.63) is 34.4 Å². The Morgan fingerprint density at radius 3 is 2.85 bits per heavy atom. The van der Waals surface area contributed by atoms with Crippen LogP contribution in [0, 0.1) is 10.1 Å². The Labute approximate surface area is 116 Å². The molecule has 1 aromatic carbocycles. The van der Waals surface area contributed by atoms with Gasteiger partial charge in [0.1, 0.15) is 11.5 Å². The van der Waals surface area contributed by atoms with Crippen molar-refractivity contribution in [2.24, 2.45) is 0 Å². The summed E-state index contributed by atoms with van der Waals surface area (Å²) in [7, 11) is -3.82. The van der Waals surface area contributed by atoms with Crippen LogP contribution >= 0.6 is 0 Å². The van der Waals surface area contributed by atoms with Crippen LogP contribution in [0.4, 0.5) is 5.69 Å². The van der Waals surface area contributed by atoms with Gasteiger partial charge in [-0.15, -0.1) is 0 Å². The van der Waals surface area contributed by atoms with Gasteiger partial charge in [0, 0.05) is 12.7 Å². The molecule has 1 aliphatic rings. The number of hydrogen-bond acceptors (Lipinski definition) is 6. The van der Waals surface area contributed by atoms with Crippen LogP contribution in [0.15, 0.2) is 24.3 Å². The molecule has 0 aromatic heterocycles. The maximum atomic E-state index is 11.9. The molecule has 0 spiro atoms. The quantitative estimate of drug-likeness (QED) is 0.468. The van der Waals surface area contributed by atoms with E-state index in [0.29, 0.717) is 13.0 Å². The molecule has 1 atom stereocenters. The Bertz CT molecular complexity index is 579. The second-order valence-electron chi connectivity index (χ2n) is 4.55. The highest BCUT2D eigenvalue weighted by molar-refractivity contribution is 7.87. The number of nitro groups is 1. The van der Waals surface area contributed by atoms with Gasteiger partial charge in [0.25, 0.3) is 5.69 Å².